The number of hydrogen-bond acceptors (Lipinski definition) is 4. The second-order valence-electron chi connectivity index (χ2n) is 8.57. The van der Waals surface area contributed by atoms with Crippen LogP contribution in [0, 0.1) is 17.8 Å². The number of carboxylic acids is 1. The molecular formula is C20H37N3O3. The van der Waals surface area contributed by atoms with Gasteiger partial charge in [-0.3, -0.25) is 9.59 Å². The number of aliphatic carboxylic acids is 1. The maximum Gasteiger partial charge on any atom is 0.303 e. The summed E-state index contributed by atoms with van der Waals surface area (Å²) >= 11 is 0. The summed E-state index contributed by atoms with van der Waals surface area (Å²) in [5.41, 5.74) is 0. The van der Waals surface area contributed by atoms with Gasteiger partial charge in [0.15, 0.2) is 0 Å². The Morgan fingerprint density at radius 3 is 2.31 bits per heavy atom. The van der Waals surface area contributed by atoms with Gasteiger partial charge in [0.25, 0.3) is 0 Å². The van der Waals surface area contributed by atoms with Crippen molar-refractivity contribution in [2.24, 2.45) is 17.8 Å². The minimum Gasteiger partial charge on any atom is -0.481 e. The Hall–Kier alpha value is -1.14. The summed E-state index contributed by atoms with van der Waals surface area (Å²) in [4.78, 5) is 30.6. The predicted molar refractivity (Wildman–Crippen MR) is 103 cm³/mol. The lowest BCUT2D eigenvalue weighted by atomic mass is 9.80. The molecule has 1 aliphatic heterocycles. The van der Waals surface area contributed by atoms with Crippen LogP contribution in [0.3, 0.4) is 0 Å². The zero-order valence-electron chi connectivity index (χ0n) is 16.8. The van der Waals surface area contributed by atoms with Gasteiger partial charge in [0.2, 0.25) is 5.91 Å². The second kappa shape index (κ2) is 10.3. The van der Waals surface area contributed by atoms with E-state index < -0.39 is 5.97 Å². The van der Waals surface area contributed by atoms with E-state index in [1.165, 1.54) is 12.8 Å². The number of likely N-dealkylation sites (tertiary alicyclic amines) is 1. The standard InChI is InChI=1S/C20H37N3O3/c1-21(2)12-13-22(3)10-8-18-15-23(11-9-17(18)14-19(24)25)20(26)16-6-4-5-7-16/h16-18H,4-15H2,1-3H3,(H,24,25). The first-order chi connectivity index (χ1) is 12.4. The van der Waals surface area contributed by atoms with Gasteiger partial charge >= 0.3 is 5.97 Å². The highest BCUT2D eigenvalue weighted by Gasteiger charge is 2.35. The molecule has 2 aliphatic rings. The first kappa shape index (κ1) is 21.2. The number of carbonyl (C=O) groups excluding carboxylic acids is 1. The third kappa shape index (κ3) is 6.54. The first-order valence-electron chi connectivity index (χ1n) is 10.2. The number of carbonyl (C=O) groups is 2. The summed E-state index contributed by atoms with van der Waals surface area (Å²) in [6.45, 7) is 4.47. The summed E-state index contributed by atoms with van der Waals surface area (Å²) < 4.78 is 0. The highest BCUT2D eigenvalue weighted by molar-refractivity contribution is 5.79. The maximum absolute atomic E-state index is 12.8. The fraction of sp³-hybridized carbons (Fsp3) is 0.900. The summed E-state index contributed by atoms with van der Waals surface area (Å²) in [6.07, 6.45) is 6.44. The number of nitrogens with zero attached hydrogens (tertiary/aromatic N) is 3. The van der Waals surface area contributed by atoms with Crippen LogP contribution in [0.2, 0.25) is 0 Å². The molecule has 0 aromatic carbocycles. The van der Waals surface area contributed by atoms with Gasteiger partial charge in [0, 0.05) is 38.5 Å². The van der Waals surface area contributed by atoms with E-state index in [2.05, 4.69) is 30.9 Å². The Bertz CT molecular complexity index is 463. The molecule has 1 saturated carbocycles. The predicted octanol–water partition coefficient (Wildman–Crippen LogP) is 2.00. The molecule has 2 atom stereocenters. The van der Waals surface area contributed by atoms with Crippen LogP contribution in [0.15, 0.2) is 0 Å². The molecule has 1 saturated heterocycles. The van der Waals surface area contributed by atoms with Crippen molar-refractivity contribution in [1.29, 1.82) is 0 Å². The van der Waals surface area contributed by atoms with E-state index in [0.29, 0.717) is 11.8 Å². The van der Waals surface area contributed by atoms with Gasteiger partial charge in [-0.15, -0.1) is 0 Å². The summed E-state index contributed by atoms with van der Waals surface area (Å²) in [5, 5.41) is 9.26. The van der Waals surface area contributed by atoms with Crippen molar-refractivity contribution >= 4 is 11.9 Å². The van der Waals surface area contributed by atoms with Gasteiger partial charge in [-0.05, 0) is 65.2 Å². The number of likely N-dealkylation sites (N-methyl/N-ethyl adjacent to an activating group) is 2. The Balaban J connectivity index is 1.90. The fourth-order valence-corrected chi connectivity index (χ4v) is 4.40. The lowest BCUT2D eigenvalue weighted by Crippen LogP contribution is -2.47. The smallest absolute Gasteiger partial charge is 0.303 e. The molecule has 0 aromatic heterocycles. The molecule has 2 rings (SSSR count). The van der Waals surface area contributed by atoms with Crippen LogP contribution >= 0.6 is 0 Å². The van der Waals surface area contributed by atoms with E-state index in [9.17, 15) is 14.7 Å². The van der Waals surface area contributed by atoms with E-state index in [1.807, 2.05) is 4.90 Å². The number of piperidine rings is 1. The third-order valence-electron chi connectivity index (χ3n) is 6.15. The molecule has 6 nitrogen and oxygen atoms in total. The molecule has 1 N–H and O–H groups in total. The maximum atomic E-state index is 12.8. The van der Waals surface area contributed by atoms with Crippen molar-refractivity contribution in [3.63, 3.8) is 0 Å². The summed E-state index contributed by atoms with van der Waals surface area (Å²) in [7, 11) is 6.27. The largest absolute Gasteiger partial charge is 0.481 e. The zero-order valence-corrected chi connectivity index (χ0v) is 16.8. The van der Waals surface area contributed by atoms with Gasteiger partial charge in [-0.2, -0.15) is 0 Å². The Morgan fingerprint density at radius 2 is 1.69 bits per heavy atom. The van der Waals surface area contributed by atoms with Gasteiger partial charge in [-0.1, -0.05) is 12.8 Å². The van der Waals surface area contributed by atoms with Crippen LogP contribution in [0.25, 0.3) is 0 Å². The van der Waals surface area contributed by atoms with Crippen LogP contribution in [-0.4, -0.2) is 85.5 Å². The molecule has 1 heterocycles. The van der Waals surface area contributed by atoms with Crippen molar-refractivity contribution < 1.29 is 14.7 Å². The highest BCUT2D eigenvalue weighted by Crippen LogP contribution is 2.33. The summed E-state index contributed by atoms with van der Waals surface area (Å²) in [5.74, 6) is 0.322. The highest BCUT2D eigenvalue weighted by atomic mass is 16.4. The summed E-state index contributed by atoms with van der Waals surface area (Å²) in [6, 6.07) is 0. The van der Waals surface area contributed by atoms with Crippen molar-refractivity contribution in [2.45, 2.75) is 44.9 Å². The molecule has 2 fully saturated rings. The third-order valence-corrected chi connectivity index (χ3v) is 6.15. The van der Waals surface area contributed by atoms with Gasteiger partial charge < -0.3 is 19.8 Å². The number of carboxylic acid groups (broad SMARTS) is 1. The molecule has 6 heteroatoms. The minimum atomic E-state index is -0.712. The molecular weight excluding hydrogens is 330 g/mol. The van der Waals surface area contributed by atoms with Gasteiger partial charge in [0.1, 0.15) is 0 Å². The van der Waals surface area contributed by atoms with E-state index in [1.54, 1.807) is 0 Å². The second-order valence-corrected chi connectivity index (χ2v) is 8.57. The van der Waals surface area contributed by atoms with Crippen molar-refractivity contribution in [3.8, 4) is 0 Å². The zero-order chi connectivity index (χ0) is 19.1. The number of rotatable bonds is 9. The Labute approximate surface area is 158 Å². The molecule has 150 valence electrons. The van der Waals surface area contributed by atoms with E-state index in [-0.39, 0.29) is 18.3 Å². The normalized spacial score (nSPS) is 24.6. The minimum absolute atomic E-state index is 0.197. The number of amides is 1. The SMILES string of the molecule is CN(C)CCN(C)CCC1CN(C(=O)C2CCCC2)CCC1CC(=O)O. The van der Waals surface area contributed by atoms with Crippen LogP contribution in [-0.2, 0) is 9.59 Å². The van der Waals surface area contributed by atoms with Crippen LogP contribution in [0.1, 0.15) is 44.9 Å². The molecule has 0 spiro atoms. The molecule has 2 unspecified atom stereocenters. The molecule has 1 amide bonds. The molecule has 26 heavy (non-hydrogen) atoms. The van der Waals surface area contributed by atoms with Crippen molar-refractivity contribution in [2.75, 3.05) is 53.9 Å². The molecule has 1 aliphatic carbocycles. The molecule has 0 aromatic rings. The average Bonchev–Trinajstić information content (AvgIpc) is 3.12. The van der Waals surface area contributed by atoms with Crippen molar-refractivity contribution in [3.05, 3.63) is 0 Å². The monoisotopic (exact) mass is 367 g/mol. The van der Waals surface area contributed by atoms with Crippen LogP contribution in [0.5, 0.6) is 0 Å². The fourth-order valence-electron chi connectivity index (χ4n) is 4.40. The first-order valence-corrected chi connectivity index (χ1v) is 10.2. The lowest BCUT2D eigenvalue weighted by molar-refractivity contribution is -0.141. The number of hydrogen-bond donors (Lipinski definition) is 1. The van der Waals surface area contributed by atoms with E-state index in [0.717, 1.165) is 58.4 Å². The average molecular weight is 368 g/mol. The topological polar surface area (TPSA) is 64.1 Å². The quantitative estimate of drug-likeness (QED) is 0.675. The van der Waals surface area contributed by atoms with Crippen molar-refractivity contribution in [1.82, 2.24) is 14.7 Å². The Morgan fingerprint density at radius 1 is 1.00 bits per heavy atom. The lowest BCUT2D eigenvalue weighted by Gasteiger charge is -2.40. The van der Waals surface area contributed by atoms with Gasteiger partial charge in [0.05, 0.1) is 0 Å². The van der Waals surface area contributed by atoms with E-state index >= 15 is 0 Å². The van der Waals surface area contributed by atoms with E-state index in [4.69, 9.17) is 0 Å². The van der Waals surface area contributed by atoms with Gasteiger partial charge in [-0.25, -0.2) is 0 Å². The molecule has 0 radical (unpaired) electrons. The van der Waals surface area contributed by atoms with Crippen LogP contribution < -0.4 is 0 Å². The van der Waals surface area contributed by atoms with Crippen LogP contribution in [0.4, 0.5) is 0 Å². The molecule has 0 bridgehead atoms. The Kier molecular flexibility index (Phi) is 8.35.